The Morgan fingerprint density at radius 3 is 2.41 bits per heavy atom. The molecule has 0 spiro atoms. The van der Waals surface area contributed by atoms with Gasteiger partial charge in [-0.2, -0.15) is 4.31 Å². The Kier molecular flexibility index (Phi) is 11.4. The van der Waals surface area contributed by atoms with Crippen molar-refractivity contribution in [1.82, 2.24) is 14.9 Å². The van der Waals surface area contributed by atoms with Crippen molar-refractivity contribution in [3.8, 4) is 17.2 Å². The molecule has 1 aliphatic heterocycles. The van der Waals surface area contributed by atoms with Crippen LogP contribution in [0, 0.1) is 5.92 Å². The fourth-order valence-electron chi connectivity index (χ4n) is 4.10. The summed E-state index contributed by atoms with van der Waals surface area (Å²) in [5, 5.41) is 25.2. The molecule has 1 aliphatic rings. The average molecular weight is 596 g/mol. The van der Waals surface area contributed by atoms with Gasteiger partial charge >= 0.3 is 12.2 Å². The number of benzene rings is 2. The molecule has 0 bridgehead atoms. The molecule has 3 rings (SSSR count). The average Bonchev–Trinajstić information content (AvgIpc) is 3.40. The van der Waals surface area contributed by atoms with Crippen molar-refractivity contribution in [2.45, 2.75) is 43.7 Å². The molecule has 0 radical (unpaired) electrons. The molecule has 0 saturated heterocycles. The van der Waals surface area contributed by atoms with E-state index in [4.69, 9.17) is 18.9 Å². The molecule has 226 valence electrons. The molecule has 0 unspecified atom stereocenters. The number of carbonyl (C=O) groups is 2. The van der Waals surface area contributed by atoms with Crippen LogP contribution >= 0.6 is 0 Å². The molecule has 0 fully saturated rings. The second-order valence-corrected chi connectivity index (χ2v) is 11.7. The summed E-state index contributed by atoms with van der Waals surface area (Å²) in [6.07, 6.45) is -2.62. The van der Waals surface area contributed by atoms with Gasteiger partial charge in [0.1, 0.15) is 5.75 Å². The van der Waals surface area contributed by atoms with Crippen LogP contribution in [-0.2, 0) is 21.2 Å². The van der Waals surface area contributed by atoms with Crippen LogP contribution in [0.2, 0.25) is 0 Å². The summed E-state index contributed by atoms with van der Waals surface area (Å²) < 4.78 is 49.4. The van der Waals surface area contributed by atoms with E-state index in [1.807, 2.05) is 13.8 Å². The quantitative estimate of drug-likeness (QED) is 0.224. The number of nitrogens with zero attached hydrogens (tertiary/aromatic N) is 1. The van der Waals surface area contributed by atoms with Crippen molar-refractivity contribution in [1.29, 1.82) is 0 Å². The van der Waals surface area contributed by atoms with Crippen LogP contribution < -0.4 is 24.8 Å². The number of sulfonamides is 1. The minimum atomic E-state index is -4.06. The van der Waals surface area contributed by atoms with Crippen LogP contribution in [0.1, 0.15) is 25.8 Å². The summed E-state index contributed by atoms with van der Waals surface area (Å²) in [4.78, 5) is 22.6. The van der Waals surface area contributed by atoms with Gasteiger partial charge in [-0.3, -0.25) is 0 Å². The number of nitrogens with one attached hydrogen (secondary N) is 2. The third-order valence-corrected chi connectivity index (χ3v) is 7.92. The number of hydrogen-bond acceptors (Lipinski definition) is 9. The third-order valence-electron chi connectivity index (χ3n) is 6.09. The zero-order valence-corrected chi connectivity index (χ0v) is 24.1. The van der Waals surface area contributed by atoms with Gasteiger partial charge in [-0.25, -0.2) is 18.0 Å². The molecule has 2 amide bonds. The predicted octanol–water partition coefficient (Wildman–Crippen LogP) is 2.43. The predicted molar refractivity (Wildman–Crippen MR) is 148 cm³/mol. The smallest absolute Gasteiger partial charge is 0.406 e. The van der Waals surface area contributed by atoms with Crippen molar-refractivity contribution in [3.63, 3.8) is 0 Å². The number of aliphatic hydroxyl groups excluding tert-OH is 1. The molecule has 4 N–H and O–H groups in total. The van der Waals surface area contributed by atoms with Gasteiger partial charge in [0.15, 0.2) is 11.5 Å². The van der Waals surface area contributed by atoms with Crippen LogP contribution in [0.5, 0.6) is 17.2 Å². The minimum absolute atomic E-state index is 0.00299. The van der Waals surface area contributed by atoms with E-state index in [9.17, 15) is 28.2 Å². The number of ether oxygens (including phenoxy) is 4. The molecule has 0 aliphatic carbocycles. The molecule has 13 nitrogen and oxygen atoms in total. The number of carboxylic acid groups (broad SMARTS) is 1. The SMILES string of the molecule is CNC(=O)OCCCOc1ccc(C[C@H](NC(=O)O)[C@@H](O)CN(CC(C)C)S(=O)(=O)c2ccc3c(c2)OCO3)cc1. The Labute approximate surface area is 239 Å². The van der Waals surface area contributed by atoms with Crippen molar-refractivity contribution in [3.05, 3.63) is 48.0 Å². The number of aliphatic hydroxyl groups is 1. The van der Waals surface area contributed by atoms with E-state index >= 15 is 0 Å². The Balaban J connectivity index is 1.67. The summed E-state index contributed by atoms with van der Waals surface area (Å²) in [7, 11) is -2.58. The van der Waals surface area contributed by atoms with Crippen LogP contribution in [0.4, 0.5) is 9.59 Å². The zero-order valence-electron chi connectivity index (χ0n) is 23.2. The first-order chi connectivity index (χ1) is 19.5. The van der Waals surface area contributed by atoms with Gasteiger partial charge in [0.05, 0.1) is 30.3 Å². The summed E-state index contributed by atoms with van der Waals surface area (Å²) in [5.41, 5.74) is 0.701. The molecule has 2 aromatic rings. The Morgan fingerprint density at radius 2 is 1.76 bits per heavy atom. The van der Waals surface area contributed by atoms with E-state index in [1.54, 1.807) is 24.3 Å². The number of alkyl carbamates (subject to hydrolysis) is 1. The number of hydrogen-bond donors (Lipinski definition) is 4. The zero-order chi connectivity index (χ0) is 30.0. The molecule has 14 heteroatoms. The monoisotopic (exact) mass is 595 g/mol. The fourth-order valence-corrected chi connectivity index (χ4v) is 5.74. The first-order valence-corrected chi connectivity index (χ1v) is 14.6. The van der Waals surface area contributed by atoms with E-state index in [2.05, 4.69) is 10.6 Å². The summed E-state index contributed by atoms with van der Waals surface area (Å²) in [6.45, 7) is 3.99. The van der Waals surface area contributed by atoms with E-state index < -0.39 is 34.4 Å². The number of fused-ring (bicyclic) bond motifs is 1. The van der Waals surface area contributed by atoms with E-state index in [1.165, 1.54) is 25.2 Å². The highest BCUT2D eigenvalue weighted by atomic mass is 32.2. The lowest BCUT2D eigenvalue weighted by atomic mass is 10.0. The van der Waals surface area contributed by atoms with Gasteiger partial charge in [-0.15, -0.1) is 0 Å². The van der Waals surface area contributed by atoms with Gasteiger partial charge in [-0.1, -0.05) is 26.0 Å². The lowest BCUT2D eigenvalue weighted by Crippen LogP contribution is -2.50. The molecule has 2 atom stereocenters. The molecule has 0 aromatic heterocycles. The number of carbonyl (C=O) groups excluding carboxylic acids is 1. The summed E-state index contributed by atoms with van der Waals surface area (Å²) in [6, 6.07) is 10.2. The topological polar surface area (TPSA) is 173 Å². The minimum Gasteiger partial charge on any atom is -0.493 e. The number of rotatable bonds is 15. The van der Waals surface area contributed by atoms with Gasteiger partial charge in [0.25, 0.3) is 0 Å². The standard InChI is InChI=1S/C27H37N3O10S/c1-18(2)15-30(41(35,36)21-9-10-24-25(14-21)40-17-39-24)16-23(31)22(29-26(32)33)13-19-5-7-20(8-6-19)37-11-4-12-38-27(34)28-3/h5-10,14,18,22-23,29,31H,4,11-13,15-17H2,1-3H3,(H,28,34)(H,32,33)/t22-,23-/m0/s1. The Bertz CT molecular complexity index is 1270. The van der Waals surface area contributed by atoms with Crippen molar-refractivity contribution >= 4 is 22.2 Å². The highest BCUT2D eigenvalue weighted by Gasteiger charge is 2.32. The summed E-state index contributed by atoms with van der Waals surface area (Å²) >= 11 is 0. The maximum atomic E-state index is 13.6. The first-order valence-electron chi connectivity index (χ1n) is 13.1. The Morgan fingerprint density at radius 1 is 1.05 bits per heavy atom. The van der Waals surface area contributed by atoms with Gasteiger partial charge in [0, 0.05) is 32.6 Å². The second-order valence-electron chi connectivity index (χ2n) is 9.79. The maximum absolute atomic E-state index is 13.6. The number of amides is 2. The van der Waals surface area contributed by atoms with Crippen LogP contribution in [0.25, 0.3) is 0 Å². The summed E-state index contributed by atoms with van der Waals surface area (Å²) in [5.74, 6) is 1.25. The second kappa shape index (κ2) is 14.8. The van der Waals surface area contributed by atoms with Crippen LogP contribution in [0.3, 0.4) is 0 Å². The van der Waals surface area contributed by atoms with E-state index in [-0.39, 0.29) is 43.7 Å². The molecule has 41 heavy (non-hydrogen) atoms. The fraction of sp³-hybridized carbons (Fsp3) is 0.481. The van der Waals surface area contributed by atoms with Gasteiger partial charge in [0.2, 0.25) is 16.8 Å². The lowest BCUT2D eigenvalue weighted by molar-refractivity contribution is 0.0980. The van der Waals surface area contributed by atoms with Crippen LogP contribution in [-0.4, -0.2) is 87.4 Å². The van der Waals surface area contributed by atoms with Crippen molar-refractivity contribution in [2.75, 3.05) is 40.1 Å². The first kappa shape index (κ1) is 31.8. The van der Waals surface area contributed by atoms with Gasteiger partial charge < -0.3 is 39.8 Å². The Hall–Kier alpha value is -3.75. The highest BCUT2D eigenvalue weighted by Crippen LogP contribution is 2.35. The highest BCUT2D eigenvalue weighted by molar-refractivity contribution is 7.89. The molecule has 0 saturated carbocycles. The largest absolute Gasteiger partial charge is 0.493 e. The lowest BCUT2D eigenvalue weighted by Gasteiger charge is -2.30. The maximum Gasteiger partial charge on any atom is 0.406 e. The van der Waals surface area contributed by atoms with E-state index in [0.29, 0.717) is 35.8 Å². The van der Waals surface area contributed by atoms with Crippen molar-refractivity contribution < 1.29 is 47.2 Å². The third kappa shape index (κ3) is 9.40. The van der Waals surface area contributed by atoms with E-state index in [0.717, 1.165) is 4.31 Å². The van der Waals surface area contributed by atoms with Gasteiger partial charge in [-0.05, 0) is 42.2 Å². The van der Waals surface area contributed by atoms with Crippen molar-refractivity contribution in [2.24, 2.45) is 5.92 Å². The molecular formula is C27H37N3O10S. The molecule has 1 heterocycles. The van der Waals surface area contributed by atoms with Crippen LogP contribution in [0.15, 0.2) is 47.4 Å². The molecular weight excluding hydrogens is 558 g/mol. The molecule has 2 aromatic carbocycles. The normalized spacial score (nSPS) is 14.0.